The van der Waals surface area contributed by atoms with Crippen LogP contribution >= 0.6 is 0 Å². The first-order valence-corrected chi connectivity index (χ1v) is 5.59. The summed E-state index contributed by atoms with van der Waals surface area (Å²) < 4.78 is 5.22. The molecule has 94 valence electrons. The molecule has 0 saturated heterocycles. The molecule has 0 bridgehead atoms. The predicted molar refractivity (Wildman–Crippen MR) is 63.1 cm³/mol. The third-order valence-electron chi connectivity index (χ3n) is 2.27. The number of carbonyl (C=O) groups is 1. The molecular formula is C11H17N3O3. The van der Waals surface area contributed by atoms with Crippen molar-refractivity contribution in [3.05, 3.63) is 12.3 Å². The van der Waals surface area contributed by atoms with E-state index in [0.29, 0.717) is 31.4 Å². The van der Waals surface area contributed by atoms with Crippen LogP contribution in [-0.4, -0.2) is 34.2 Å². The van der Waals surface area contributed by atoms with Crippen molar-refractivity contribution in [2.24, 2.45) is 5.92 Å². The van der Waals surface area contributed by atoms with Crippen LogP contribution in [-0.2, 0) is 4.79 Å². The topological polar surface area (TPSA) is 84.3 Å². The lowest BCUT2D eigenvalue weighted by Gasteiger charge is -2.11. The van der Waals surface area contributed by atoms with Crippen LogP contribution in [0.25, 0.3) is 0 Å². The Morgan fingerprint density at radius 2 is 2.35 bits per heavy atom. The average molecular weight is 239 g/mol. The zero-order valence-corrected chi connectivity index (χ0v) is 10.0. The number of rotatable bonds is 7. The molecule has 17 heavy (non-hydrogen) atoms. The lowest BCUT2D eigenvalue weighted by atomic mass is 10.1. The zero-order chi connectivity index (χ0) is 12.7. The number of nitrogens with one attached hydrogen (secondary N) is 1. The predicted octanol–water partition coefficient (Wildman–Crippen LogP) is 1.40. The molecule has 0 aliphatic heterocycles. The highest BCUT2D eigenvalue weighted by Crippen LogP contribution is 2.09. The van der Waals surface area contributed by atoms with E-state index in [1.54, 1.807) is 12.3 Å². The highest BCUT2D eigenvalue weighted by Gasteiger charge is 2.14. The molecule has 0 radical (unpaired) electrons. The fraction of sp³-hybridized carbons (Fsp3) is 0.545. The third kappa shape index (κ3) is 4.26. The standard InChI is InChI=1S/C11H17N3O3/c1-3-8(10(15)16)7-13-11-12-6-5-9(14-11)17-4-2/h5-6,8H,3-4,7H2,1-2H3,(H,15,16)(H,12,13,14). The monoisotopic (exact) mass is 239 g/mol. The number of aliphatic carboxylic acids is 1. The molecule has 1 atom stereocenters. The fourth-order valence-electron chi connectivity index (χ4n) is 1.28. The number of carboxylic acid groups (broad SMARTS) is 1. The molecule has 0 aliphatic carbocycles. The van der Waals surface area contributed by atoms with Gasteiger partial charge in [-0.2, -0.15) is 4.98 Å². The first-order chi connectivity index (χ1) is 8.17. The van der Waals surface area contributed by atoms with Gasteiger partial charge in [0.2, 0.25) is 11.8 Å². The zero-order valence-electron chi connectivity index (χ0n) is 10.0. The van der Waals surface area contributed by atoms with Crippen molar-refractivity contribution >= 4 is 11.9 Å². The van der Waals surface area contributed by atoms with Gasteiger partial charge in [-0.1, -0.05) is 6.92 Å². The Labute approximate surface area is 100 Å². The van der Waals surface area contributed by atoms with Crippen LogP contribution < -0.4 is 10.1 Å². The summed E-state index contributed by atoms with van der Waals surface area (Å²) in [5, 5.41) is 11.8. The summed E-state index contributed by atoms with van der Waals surface area (Å²) in [6.07, 6.45) is 2.13. The number of ether oxygens (including phenoxy) is 1. The van der Waals surface area contributed by atoms with Crippen molar-refractivity contribution in [1.82, 2.24) is 9.97 Å². The molecule has 0 amide bonds. The van der Waals surface area contributed by atoms with Gasteiger partial charge in [0.1, 0.15) is 0 Å². The van der Waals surface area contributed by atoms with Crippen LogP contribution in [0.5, 0.6) is 5.88 Å². The second kappa shape index (κ2) is 6.67. The minimum atomic E-state index is -0.819. The van der Waals surface area contributed by atoms with Gasteiger partial charge in [-0.15, -0.1) is 0 Å². The largest absolute Gasteiger partial charge is 0.481 e. The maximum Gasteiger partial charge on any atom is 0.308 e. The summed E-state index contributed by atoms with van der Waals surface area (Å²) in [6, 6.07) is 1.66. The van der Waals surface area contributed by atoms with E-state index in [4.69, 9.17) is 9.84 Å². The van der Waals surface area contributed by atoms with E-state index in [1.165, 1.54) is 0 Å². The molecule has 1 heterocycles. The van der Waals surface area contributed by atoms with Crippen molar-refractivity contribution in [1.29, 1.82) is 0 Å². The second-order valence-electron chi connectivity index (χ2n) is 3.48. The van der Waals surface area contributed by atoms with E-state index in [9.17, 15) is 4.79 Å². The first-order valence-electron chi connectivity index (χ1n) is 5.59. The summed E-state index contributed by atoms with van der Waals surface area (Å²) >= 11 is 0. The highest BCUT2D eigenvalue weighted by molar-refractivity contribution is 5.70. The molecule has 0 saturated carbocycles. The lowest BCUT2D eigenvalue weighted by molar-refractivity contribution is -0.141. The van der Waals surface area contributed by atoms with Crippen LogP contribution in [0, 0.1) is 5.92 Å². The Hall–Kier alpha value is -1.85. The number of anilines is 1. The van der Waals surface area contributed by atoms with Gasteiger partial charge in [0.05, 0.1) is 12.5 Å². The molecule has 1 aromatic heterocycles. The Morgan fingerprint density at radius 1 is 1.59 bits per heavy atom. The van der Waals surface area contributed by atoms with Crippen molar-refractivity contribution in [2.75, 3.05) is 18.5 Å². The normalized spacial score (nSPS) is 11.9. The minimum absolute atomic E-state index is 0.307. The van der Waals surface area contributed by atoms with Gasteiger partial charge in [0, 0.05) is 18.8 Å². The van der Waals surface area contributed by atoms with E-state index in [2.05, 4.69) is 15.3 Å². The van der Waals surface area contributed by atoms with Crippen molar-refractivity contribution in [3.63, 3.8) is 0 Å². The Kier molecular flexibility index (Phi) is 5.19. The number of aromatic nitrogens is 2. The molecule has 0 fully saturated rings. The summed E-state index contributed by atoms with van der Waals surface area (Å²) in [4.78, 5) is 18.9. The first kappa shape index (κ1) is 13.2. The average Bonchev–Trinajstić information content (AvgIpc) is 2.30. The molecule has 6 nitrogen and oxygen atoms in total. The Morgan fingerprint density at radius 3 is 2.94 bits per heavy atom. The van der Waals surface area contributed by atoms with Gasteiger partial charge in [0.25, 0.3) is 0 Å². The summed E-state index contributed by atoms with van der Waals surface area (Å²) in [5.74, 6) is -0.390. The SMILES string of the molecule is CCOc1ccnc(NCC(CC)C(=O)O)n1. The Balaban J connectivity index is 2.56. The van der Waals surface area contributed by atoms with Crippen molar-refractivity contribution < 1.29 is 14.6 Å². The Bertz CT molecular complexity index is 371. The van der Waals surface area contributed by atoms with Crippen LogP contribution in [0.1, 0.15) is 20.3 Å². The third-order valence-corrected chi connectivity index (χ3v) is 2.27. The van der Waals surface area contributed by atoms with Crippen LogP contribution in [0.4, 0.5) is 5.95 Å². The van der Waals surface area contributed by atoms with E-state index in [1.807, 2.05) is 13.8 Å². The second-order valence-corrected chi connectivity index (χ2v) is 3.48. The van der Waals surface area contributed by atoms with Gasteiger partial charge >= 0.3 is 5.97 Å². The van der Waals surface area contributed by atoms with Gasteiger partial charge in [-0.05, 0) is 13.3 Å². The molecule has 1 unspecified atom stereocenters. The molecule has 1 aromatic rings. The van der Waals surface area contributed by atoms with E-state index in [0.717, 1.165) is 0 Å². The summed E-state index contributed by atoms with van der Waals surface area (Å²) in [6.45, 7) is 4.54. The summed E-state index contributed by atoms with van der Waals surface area (Å²) in [7, 11) is 0. The molecular weight excluding hydrogens is 222 g/mol. The number of nitrogens with zero attached hydrogens (tertiary/aromatic N) is 2. The molecule has 1 rings (SSSR count). The van der Waals surface area contributed by atoms with Crippen molar-refractivity contribution in [3.8, 4) is 5.88 Å². The maximum absolute atomic E-state index is 10.8. The van der Waals surface area contributed by atoms with E-state index >= 15 is 0 Å². The van der Waals surface area contributed by atoms with E-state index in [-0.39, 0.29) is 0 Å². The van der Waals surface area contributed by atoms with Gasteiger partial charge in [0.15, 0.2) is 0 Å². The maximum atomic E-state index is 10.8. The van der Waals surface area contributed by atoms with Crippen LogP contribution in [0.3, 0.4) is 0 Å². The minimum Gasteiger partial charge on any atom is -0.481 e. The van der Waals surface area contributed by atoms with Crippen LogP contribution in [0.15, 0.2) is 12.3 Å². The lowest BCUT2D eigenvalue weighted by Crippen LogP contribution is -2.22. The van der Waals surface area contributed by atoms with Gasteiger partial charge in [-0.3, -0.25) is 4.79 Å². The summed E-state index contributed by atoms with van der Waals surface area (Å²) in [5.41, 5.74) is 0. The molecule has 0 spiro atoms. The van der Waals surface area contributed by atoms with Gasteiger partial charge < -0.3 is 15.2 Å². The molecule has 0 aliphatic rings. The highest BCUT2D eigenvalue weighted by atomic mass is 16.5. The van der Waals surface area contributed by atoms with Crippen molar-refractivity contribution in [2.45, 2.75) is 20.3 Å². The fourth-order valence-corrected chi connectivity index (χ4v) is 1.28. The van der Waals surface area contributed by atoms with E-state index < -0.39 is 11.9 Å². The van der Waals surface area contributed by atoms with Crippen LogP contribution in [0.2, 0.25) is 0 Å². The molecule has 0 aromatic carbocycles. The number of hydrogen-bond acceptors (Lipinski definition) is 5. The quantitative estimate of drug-likeness (QED) is 0.748. The number of carboxylic acids is 1. The van der Waals surface area contributed by atoms with Gasteiger partial charge in [-0.25, -0.2) is 4.98 Å². The molecule has 2 N–H and O–H groups in total. The smallest absolute Gasteiger partial charge is 0.308 e. The number of hydrogen-bond donors (Lipinski definition) is 2. The molecule has 6 heteroatoms.